The van der Waals surface area contributed by atoms with Gasteiger partial charge in [0.15, 0.2) is 0 Å². The summed E-state index contributed by atoms with van der Waals surface area (Å²) in [5.74, 6) is -0.775. The van der Waals surface area contributed by atoms with E-state index in [1.807, 2.05) is 48.2 Å². The van der Waals surface area contributed by atoms with Gasteiger partial charge in [-0.15, -0.1) is 0 Å². The second-order valence-corrected chi connectivity index (χ2v) is 7.52. The number of benzene rings is 2. The standard InChI is InChI=1S/C22H22ClN3O2/c1-16-7-5-6-10-18(16)26-21(27)19(23)20(22(26)28)25-13-11-24(12-14-25)15-17-8-3-2-4-9-17/h2-10H,11-15H2,1H3. The molecule has 144 valence electrons. The molecule has 2 amide bonds. The van der Waals surface area contributed by atoms with E-state index < -0.39 is 5.91 Å². The van der Waals surface area contributed by atoms with Crippen molar-refractivity contribution in [2.45, 2.75) is 13.5 Å². The second kappa shape index (κ2) is 7.78. The quantitative estimate of drug-likeness (QED) is 0.746. The number of carbonyl (C=O) groups excluding carboxylic acids is 2. The zero-order valence-corrected chi connectivity index (χ0v) is 16.5. The highest BCUT2D eigenvalue weighted by Gasteiger charge is 2.42. The van der Waals surface area contributed by atoms with E-state index in [1.54, 1.807) is 6.07 Å². The first-order valence-electron chi connectivity index (χ1n) is 9.41. The highest BCUT2D eigenvalue weighted by Crippen LogP contribution is 2.33. The molecule has 0 spiro atoms. The number of imide groups is 1. The Bertz CT molecular complexity index is 934. The monoisotopic (exact) mass is 395 g/mol. The van der Waals surface area contributed by atoms with Gasteiger partial charge in [-0.1, -0.05) is 60.1 Å². The molecule has 0 aromatic heterocycles. The predicted octanol–water partition coefficient (Wildman–Crippen LogP) is 3.14. The number of hydrogen-bond acceptors (Lipinski definition) is 4. The third kappa shape index (κ3) is 3.43. The van der Waals surface area contributed by atoms with Crippen LogP contribution < -0.4 is 4.90 Å². The van der Waals surface area contributed by atoms with Crippen molar-refractivity contribution in [3.05, 3.63) is 76.5 Å². The lowest BCUT2D eigenvalue weighted by Gasteiger charge is -2.36. The van der Waals surface area contributed by atoms with E-state index in [4.69, 9.17) is 11.6 Å². The number of carbonyl (C=O) groups is 2. The van der Waals surface area contributed by atoms with Crippen LogP contribution in [0.3, 0.4) is 0 Å². The molecule has 0 saturated carbocycles. The van der Waals surface area contributed by atoms with E-state index >= 15 is 0 Å². The second-order valence-electron chi connectivity index (χ2n) is 7.14. The average Bonchev–Trinajstić information content (AvgIpc) is 2.93. The highest BCUT2D eigenvalue weighted by atomic mass is 35.5. The minimum absolute atomic E-state index is 0.0183. The zero-order valence-electron chi connectivity index (χ0n) is 15.8. The van der Waals surface area contributed by atoms with Crippen LogP contribution in [0.1, 0.15) is 11.1 Å². The van der Waals surface area contributed by atoms with E-state index in [-0.39, 0.29) is 10.9 Å². The molecule has 0 bridgehead atoms. The zero-order chi connectivity index (χ0) is 19.7. The number of aryl methyl sites for hydroxylation is 1. The maximum absolute atomic E-state index is 13.1. The Labute approximate surface area is 169 Å². The van der Waals surface area contributed by atoms with Gasteiger partial charge in [-0.05, 0) is 24.1 Å². The van der Waals surface area contributed by atoms with E-state index in [1.165, 1.54) is 10.5 Å². The Balaban J connectivity index is 1.47. The van der Waals surface area contributed by atoms with E-state index in [2.05, 4.69) is 17.0 Å². The van der Waals surface area contributed by atoms with Crippen molar-refractivity contribution in [3.8, 4) is 0 Å². The van der Waals surface area contributed by atoms with Crippen molar-refractivity contribution >= 4 is 29.1 Å². The highest BCUT2D eigenvalue weighted by molar-refractivity contribution is 6.52. The molecule has 0 unspecified atom stereocenters. The van der Waals surface area contributed by atoms with Crippen LogP contribution in [0.5, 0.6) is 0 Å². The Kier molecular flexibility index (Phi) is 5.20. The molecule has 2 heterocycles. The summed E-state index contributed by atoms with van der Waals surface area (Å²) in [4.78, 5) is 31.3. The van der Waals surface area contributed by atoms with Crippen LogP contribution in [-0.4, -0.2) is 47.8 Å². The molecule has 0 aliphatic carbocycles. The van der Waals surface area contributed by atoms with Crippen molar-refractivity contribution in [1.29, 1.82) is 0 Å². The van der Waals surface area contributed by atoms with Crippen LogP contribution in [0.2, 0.25) is 0 Å². The van der Waals surface area contributed by atoms with Gasteiger partial charge in [-0.25, -0.2) is 4.90 Å². The van der Waals surface area contributed by atoms with Gasteiger partial charge in [-0.3, -0.25) is 14.5 Å². The fourth-order valence-corrected chi connectivity index (χ4v) is 4.05. The number of hydrogen-bond donors (Lipinski definition) is 0. The Hall–Kier alpha value is -2.63. The molecule has 28 heavy (non-hydrogen) atoms. The summed E-state index contributed by atoms with van der Waals surface area (Å²) in [6.07, 6.45) is 0. The van der Waals surface area contributed by atoms with E-state index in [0.717, 1.165) is 25.2 Å². The topological polar surface area (TPSA) is 43.9 Å². The molecular weight excluding hydrogens is 374 g/mol. The molecule has 2 aliphatic heterocycles. The van der Waals surface area contributed by atoms with E-state index in [9.17, 15) is 9.59 Å². The fourth-order valence-electron chi connectivity index (χ4n) is 3.77. The first-order chi connectivity index (χ1) is 13.6. The number of piperazine rings is 1. The van der Waals surface area contributed by atoms with Gasteiger partial charge in [0.2, 0.25) is 0 Å². The smallest absolute Gasteiger partial charge is 0.283 e. The summed E-state index contributed by atoms with van der Waals surface area (Å²) >= 11 is 6.33. The van der Waals surface area contributed by atoms with Gasteiger partial charge in [-0.2, -0.15) is 0 Å². The molecule has 1 fully saturated rings. The number of nitrogens with zero attached hydrogens (tertiary/aromatic N) is 3. The van der Waals surface area contributed by atoms with Gasteiger partial charge in [0.1, 0.15) is 10.7 Å². The number of anilines is 1. The third-order valence-corrected chi connectivity index (χ3v) is 5.64. The van der Waals surface area contributed by atoms with Crippen molar-refractivity contribution in [1.82, 2.24) is 9.80 Å². The van der Waals surface area contributed by atoms with Gasteiger partial charge >= 0.3 is 0 Å². The largest absolute Gasteiger partial charge is 0.363 e. The summed E-state index contributed by atoms with van der Waals surface area (Å²) in [7, 11) is 0. The van der Waals surface area contributed by atoms with Crippen LogP contribution in [0.4, 0.5) is 5.69 Å². The first-order valence-corrected chi connectivity index (χ1v) is 9.79. The lowest BCUT2D eigenvalue weighted by atomic mass is 10.2. The minimum Gasteiger partial charge on any atom is -0.363 e. The molecule has 1 saturated heterocycles. The van der Waals surface area contributed by atoms with Crippen LogP contribution in [0.25, 0.3) is 0 Å². The lowest BCUT2D eigenvalue weighted by molar-refractivity contribution is -0.121. The van der Waals surface area contributed by atoms with Crippen LogP contribution in [0, 0.1) is 6.92 Å². The summed E-state index contributed by atoms with van der Waals surface area (Å²) in [5.41, 5.74) is 3.05. The molecule has 0 N–H and O–H groups in total. The van der Waals surface area contributed by atoms with Gasteiger partial charge in [0.25, 0.3) is 11.8 Å². The van der Waals surface area contributed by atoms with E-state index in [0.29, 0.717) is 24.5 Å². The fraction of sp³-hybridized carbons (Fsp3) is 0.273. The maximum Gasteiger partial charge on any atom is 0.283 e. The molecule has 0 atom stereocenters. The first kappa shape index (κ1) is 18.7. The summed E-state index contributed by atoms with van der Waals surface area (Å²) < 4.78 is 0. The van der Waals surface area contributed by atoms with Gasteiger partial charge in [0, 0.05) is 32.7 Å². The van der Waals surface area contributed by atoms with Crippen molar-refractivity contribution in [2.75, 3.05) is 31.1 Å². The number of halogens is 1. The summed E-state index contributed by atoms with van der Waals surface area (Å²) in [6.45, 7) is 5.72. The van der Waals surface area contributed by atoms with Gasteiger partial charge < -0.3 is 4.90 Å². The van der Waals surface area contributed by atoms with Crippen LogP contribution in [0.15, 0.2) is 65.3 Å². The lowest BCUT2D eigenvalue weighted by Crippen LogP contribution is -2.47. The minimum atomic E-state index is -0.442. The van der Waals surface area contributed by atoms with Crippen molar-refractivity contribution < 1.29 is 9.59 Å². The molecular formula is C22H22ClN3O2. The molecule has 5 nitrogen and oxygen atoms in total. The number of amides is 2. The van der Waals surface area contributed by atoms with Crippen LogP contribution >= 0.6 is 11.6 Å². The normalized spacial score (nSPS) is 18.4. The average molecular weight is 396 g/mol. The molecule has 6 heteroatoms. The number of rotatable bonds is 4. The Morgan fingerprint density at radius 2 is 1.50 bits per heavy atom. The predicted molar refractivity (Wildman–Crippen MR) is 110 cm³/mol. The molecule has 2 aliphatic rings. The molecule has 4 rings (SSSR count). The van der Waals surface area contributed by atoms with Crippen molar-refractivity contribution in [2.24, 2.45) is 0 Å². The molecule has 0 radical (unpaired) electrons. The van der Waals surface area contributed by atoms with Crippen LogP contribution in [-0.2, 0) is 16.1 Å². The SMILES string of the molecule is Cc1ccccc1N1C(=O)C(Cl)=C(N2CCN(Cc3ccccc3)CC2)C1=O. The maximum atomic E-state index is 13.1. The third-order valence-electron chi connectivity index (χ3n) is 5.30. The Morgan fingerprint density at radius 3 is 2.18 bits per heavy atom. The molecule has 2 aromatic rings. The summed E-state index contributed by atoms with van der Waals surface area (Å²) in [5, 5.41) is 0.0183. The van der Waals surface area contributed by atoms with Crippen molar-refractivity contribution in [3.63, 3.8) is 0 Å². The summed E-state index contributed by atoms with van der Waals surface area (Å²) in [6, 6.07) is 17.7. The molecule has 2 aromatic carbocycles. The number of para-hydroxylation sites is 1. The van der Waals surface area contributed by atoms with Gasteiger partial charge in [0.05, 0.1) is 5.69 Å². The Morgan fingerprint density at radius 1 is 0.857 bits per heavy atom.